The third kappa shape index (κ3) is 2.11. The molecule has 1 aromatic rings. The van der Waals surface area contributed by atoms with Crippen LogP contribution in [-0.2, 0) is 0 Å². The van der Waals surface area contributed by atoms with Crippen molar-refractivity contribution in [2.24, 2.45) is 0 Å². The first-order valence-corrected chi connectivity index (χ1v) is 3.74. The molecule has 2 N–H and O–H groups in total. The van der Waals surface area contributed by atoms with Crippen LogP contribution in [0.1, 0.15) is 6.92 Å². The van der Waals surface area contributed by atoms with Gasteiger partial charge < -0.3 is 10.6 Å². The molecule has 0 aromatic carbocycles. The predicted molar refractivity (Wildman–Crippen MR) is 47.9 cm³/mol. The van der Waals surface area contributed by atoms with Crippen molar-refractivity contribution in [2.45, 2.75) is 6.92 Å². The average Bonchev–Trinajstić information content (AvgIpc) is 2.07. The molecule has 1 rings (SSSR count). The van der Waals surface area contributed by atoms with Gasteiger partial charge in [0.25, 0.3) is 0 Å². The first-order chi connectivity index (χ1) is 5.36. The van der Waals surface area contributed by atoms with Gasteiger partial charge in [-0.3, -0.25) is 0 Å². The number of anilines is 2. The Balaban J connectivity index is 2.66. The predicted octanol–water partition coefficient (Wildman–Crippen LogP) is 1.56. The van der Waals surface area contributed by atoms with Crippen LogP contribution in [0.3, 0.4) is 0 Å². The van der Waals surface area contributed by atoms with Crippen LogP contribution >= 0.6 is 0 Å². The lowest BCUT2D eigenvalue weighted by atomic mass is 10.4. The highest BCUT2D eigenvalue weighted by atomic mass is 15.0. The van der Waals surface area contributed by atoms with Crippen LogP contribution in [-0.4, -0.2) is 18.6 Å². The fourth-order valence-electron chi connectivity index (χ4n) is 0.850. The zero-order chi connectivity index (χ0) is 8.10. The molecule has 0 atom stereocenters. The zero-order valence-electron chi connectivity index (χ0n) is 6.89. The first kappa shape index (κ1) is 7.85. The van der Waals surface area contributed by atoms with Crippen LogP contribution in [0, 0.1) is 0 Å². The molecule has 60 valence electrons. The van der Waals surface area contributed by atoms with E-state index in [9.17, 15) is 0 Å². The molecule has 1 heterocycles. The van der Waals surface area contributed by atoms with E-state index >= 15 is 0 Å². The van der Waals surface area contributed by atoms with Crippen LogP contribution < -0.4 is 10.6 Å². The number of hydrogen-bond acceptors (Lipinski definition) is 3. The van der Waals surface area contributed by atoms with Crippen molar-refractivity contribution in [1.29, 1.82) is 0 Å². The van der Waals surface area contributed by atoms with E-state index in [0.717, 1.165) is 18.1 Å². The third-order valence-electron chi connectivity index (χ3n) is 1.40. The molecule has 0 bridgehead atoms. The summed E-state index contributed by atoms with van der Waals surface area (Å²) in [6.07, 6.45) is 1.81. The lowest BCUT2D eigenvalue weighted by molar-refractivity contribution is 1.19. The standard InChI is InChI=1S/C8H13N3/c1-3-10-7-4-5-8(9-2)11-6-7/h4-6,10H,3H2,1-2H3,(H,9,11). The second-order valence-corrected chi connectivity index (χ2v) is 2.21. The quantitative estimate of drug-likeness (QED) is 0.688. The highest BCUT2D eigenvalue weighted by molar-refractivity contribution is 5.46. The molecule has 1 aromatic heterocycles. The molecule has 0 unspecified atom stereocenters. The van der Waals surface area contributed by atoms with Gasteiger partial charge in [-0.05, 0) is 19.1 Å². The van der Waals surface area contributed by atoms with E-state index in [1.54, 1.807) is 0 Å². The van der Waals surface area contributed by atoms with Crippen LogP contribution in [0.4, 0.5) is 11.5 Å². The lowest BCUT2D eigenvalue weighted by Gasteiger charge is -2.02. The minimum absolute atomic E-state index is 0.895. The van der Waals surface area contributed by atoms with Crippen molar-refractivity contribution in [1.82, 2.24) is 4.98 Å². The van der Waals surface area contributed by atoms with E-state index in [1.165, 1.54) is 0 Å². The summed E-state index contributed by atoms with van der Waals surface area (Å²) >= 11 is 0. The Morgan fingerprint density at radius 1 is 1.45 bits per heavy atom. The summed E-state index contributed by atoms with van der Waals surface area (Å²) in [6.45, 7) is 2.99. The van der Waals surface area contributed by atoms with Gasteiger partial charge in [0, 0.05) is 13.6 Å². The fraction of sp³-hybridized carbons (Fsp3) is 0.375. The molecule has 0 amide bonds. The molecule has 0 radical (unpaired) electrons. The maximum atomic E-state index is 4.14. The van der Waals surface area contributed by atoms with Crippen molar-refractivity contribution in [3.63, 3.8) is 0 Å². The van der Waals surface area contributed by atoms with Gasteiger partial charge in [0.1, 0.15) is 5.82 Å². The van der Waals surface area contributed by atoms with Gasteiger partial charge in [-0.1, -0.05) is 0 Å². The fourth-order valence-corrected chi connectivity index (χ4v) is 0.850. The minimum atomic E-state index is 0.895. The summed E-state index contributed by atoms with van der Waals surface area (Å²) in [4.78, 5) is 4.14. The Kier molecular flexibility index (Phi) is 2.72. The van der Waals surface area contributed by atoms with Gasteiger partial charge in [0.15, 0.2) is 0 Å². The number of nitrogens with one attached hydrogen (secondary N) is 2. The van der Waals surface area contributed by atoms with E-state index in [1.807, 2.05) is 25.4 Å². The summed E-state index contributed by atoms with van der Waals surface area (Å²) in [5.41, 5.74) is 1.06. The van der Waals surface area contributed by atoms with Crippen molar-refractivity contribution >= 4 is 11.5 Å². The maximum absolute atomic E-state index is 4.14. The lowest BCUT2D eigenvalue weighted by Crippen LogP contribution is -1.98. The van der Waals surface area contributed by atoms with Gasteiger partial charge >= 0.3 is 0 Å². The highest BCUT2D eigenvalue weighted by Gasteiger charge is 1.89. The molecule has 0 spiro atoms. The van der Waals surface area contributed by atoms with Crippen LogP contribution in [0.15, 0.2) is 18.3 Å². The van der Waals surface area contributed by atoms with E-state index in [2.05, 4.69) is 22.5 Å². The van der Waals surface area contributed by atoms with Crippen molar-refractivity contribution in [3.05, 3.63) is 18.3 Å². The van der Waals surface area contributed by atoms with Crippen molar-refractivity contribution in [2.75, 3.05) is 24.2 Å². The Morgan fingerprint density at radius 2 is 2.27 bits per heavy atom. The summed E-state index contributed by atoms with van der Waals surface area (Å²) < 4.78 is 0. The number of nitrogens with zero attached hydrogens (tertiary/aromatic N) is 1. The summed E-state index contributed by atoms with van der Waals surface area (Å²) in [6, 6.07) is 3.94. The topological polar surface area (TPSA) is 37.0 Å². The molecule has 0 fully saturated rings. The Bertz CT molecular complexity index is 205. The van der Waals surface area contributed by atoms with Gasteiger partial charge in [0.05, 0.1) is 11.9 Å². The van der Waals surface area contributed by atoms with Crippen molar-refractivity contribution < 1.29 is 0 Å². The smallest absolute Gasteiger partial charge is 0.125 e. The molecular weight excluding hydrogens is 138 g/mol. The largest absolute Gasteiger partial charge is 0.384 e. The maximum Gasteiger partial charge on any atom is 0.125 e. The van der Waals surface area contributed by atoms with Crippen LogP contribution in [0.25, 0.3) is 0 Å². The molecule has 0 saturated carbocycles. The summed E-state index contributed by atoms with van der Waals surface area (Å²) in [7, 11) is 1.86. The Morgan fingerprint density at radius 3 is 2.73 bits per heavy atom. The van der Waals surface area contributed by atoms with Gasteiger partial charge in [-0.15, -0.1) is 0 Å². The third-order valence-corrected chi connectivity index (χ3v) is 1.40. The number of hydrogen-bond donors (Lipinski definition) is 2. The van der Waals surface area contributed by atoms with Crippen molar-refractivity contribution in [3.8, 4) is 0 Å². The molecular formula is C8H13N3. The summed E-state index contributed by atoms with van der Waals surface area (Å²) in [5.74, 6) is 0.895. The van der Waals surface area contributed by atoms with Gasteiger partial charge in [-0.2, -0.15) is 0 Å². The zero-order valence-corrected chi connectivity index (χ0v) is 6.89. The van der Waals surface area contributed by atoms with Crippen LogP contribution in [0.5, 0.6) is 0 Å². The highest BCUT2D eigenvalue weighted by Crippen LogP contribution is 2.07. The average molecular weight is 151 g/mol. The first-order valence-electron chi connectivity index (χ1n) is 3.74. The second kappa shape index (κ2) is 3.81. The molecule has 0 aliphatic rings. The molecule has 0 saturated heterocycles. The van der Waals surface area contributed by atoms with Gasteiger partial charge in [0.2, 0.25) is 0 Å². The molecule has 11 heavy (non-hydrogen) atoms. The number of pyridine rings is 1. The number of aromatic nitrogens is 1. The second-order valence-electron chi connectivity index (χ2n) is 2.21. The minimum Gasteiger partial charge on any atom is -0.384 e. The SMILES string of the molecule is CCNc1ccc(NC)nc1. The van der Waals surface area contributed by atoms with E-state index in [0.29, 0.717) is 0 Å². The Hall–Kier alpha value is -1.25. The normalized spacial score (nSPS) is 9.27. The van der Waals surface area contributed by atoms with Crippen LogP contribution in [0.2, 0.25) is 0 Å². The number of rotatable bonds is 3. The molecule has 0 aliphatic heterocycles. The van der Waals surface area contributed by atoms with Gasteiger partial charge in [-0.25, -0.2) is 4.98 Å². The Labute approximate surface area is 66.8 Å². The monoisotopic (exact) mass is 151 g/mol. The van der Waals surface area contributed by atoms with E-state index in [-0.39, 0.29) is 0 Å². The molecule has 0 aliphatic carbocycles. The van der Waals surface area contributed by atoms with E-state index < -0.39 is 0 Å². The molecule has 3 heteroatoms. The van der Waals surface area contributed by atoms with E-state index in [4.69, 9.17) is 0 Å². The molecule has 3 nitrogen and oxygen atoms in total. The summed E-state index contributed by atoms with van der Waals surface area (Å²) in [5, 5.41) is 6.13.